The van der Waals surface area contributed by atoms with Crippen molar-refractivity contribution < 1.29 is 9.47 Å². The number of nitrogens with zero attached hydrogens (tertiary/aromatic N) is 2. The summed E-state index contributed by atoms with van der Waals surface area (Å²) >= 11 is 0. The third kappa shape index (κ3) is 6.15. The molecule has 6 heteroatoms. The van der Waals surface area contributed by atoms with Gasteiger partial charge in [0.25, 0.3) is 0 Å². The molecule has 6 nitrogen and oxygen atoms in total. The van der Waals surface area contributed by atoms with Crippen LogP contribution < -0.4 is 15.4 Å². The van der Waals surface area contributed by atoms with Crippen molar-refractivity contribution in [3.63, 3.8) is 0 Å². The zero-order valence-corrected chi connectivity index (χ0v) is 15.5. The Kier molecular flexibility index (Phi) is 7.35. The molecule has 0 bridgehead atoms. The predicted octanol–water partition coefficient (Wildman–Crippen LogP) is 2.22. The molecule has 0 aliphatic rings. The van der Waals surface area contributed by atoms with Crippen LogP contribution in [0.4, 0.5) is 0 Å². The van der Waals surface area contributed by atoms with Crippen LogP contribution in [-0.2, 0) is 24.9 Å². The first kappa shape index (κ1) is 18.9. The first-order valence-corrected chi connectivity index (χ1v) is 8.39. The van der Waals surface area contributed by atoms with Gasteiger partial charge in [-0.3, -0.25) is 4.99 Å². The second kappa shape index (κ2) is 9.74. The highest BCUT2D eigenvalue weighted by Crippen LogP contribution is 2.20. The zero-order valence-electron chi connectivity index (χ0n) is 15.5. The number of hydrogen-bond acceptors (Lipinski definition) is 3. The van der Waals surface area contributed by atoms with Crippen molar-refractivity contribution >= 4 is 5.96 Å². The van der Waals surface area contributed by atoms with Crippen molar-refractivity contribution in [2.75, 3.05) is 27.4 Å². The van der Waals surface area contributed by atoms with Crippen molar-refractivity contribution in [3.8, 4) is 5.75 Å². The molecule has 0 fully saturated rings. The zero-order chi connectivity index (χ0) is 18.1. The maximum absolute atomic E-state index is 5.83. The summed E-state index contributed by atoms with van der Waals surface area (Å²) in [6.07, 6.45) is 4.12. The second-order valence-electron chi connectivity index (χ2n) is 5.92. The highest BCUT2D eigenvalue weighted by atomic mass is 16.5. The Morgan fingerprint density at radius 2 is 1.96 bits per heavy atom. The van der Waals surface area contributed by atoms with Crippen LogP contribution in [0.25, 0.3) is 0 Å². The van der Waals surface area contributed by atoms with E-state index in [0.29, 0.717) is 19.8 Å². The molecule has 0 aliphatic heterocycles. The van der Waals surface area contributed by atoms with Gasteiger partial charge >= 0.3 is 0 Å². The van der Waals surface area contributed by atoms with E-state index in [0.717, 1.165) is 23.8 Å². The monoisotopic (exact) mass is 344 g/mol. The maximum Gasteiger partial charge on any atom is 0.191 e. The lowest BCUT2D eigenvalue weighted by Crippen LogP contribution is -2.36. The Labute approximate surface area is 149 Å². The molecule has 0 saturated heterocycles. The summed E-state index contributed by atoms with van der Waals surface area (Å²) in [7, 11) is 5.45. The van der Waals surface area contributed by atoms with Crippen LogP contribution in [0.3, 0.4) is 0 Å². The number of rotatable bonds is 8. The molecule has 0 amide bonds. The molecule has 0 atom stereocenters. The van der Waals surface area contributed by atoms with Gasteiger partial charge < -0.3 is 24.7 Å². The number of hydrogen-bond donors (Lipinski definition) is 2. The van der Waals surface area contributed by atoms with Crippen molar-refractivity contribution in [1.29, 1.82) is 0 Å². The van der Waals surface area contributed by atoms with Gasteiger partial charge in [-0.15, -0.1) is 0 Å². The summed E-state index contributed by atoms with van der Waals surface area (Å²) in [5, 5.41) is 6.65. The predicted molar refractivity (Wildman–Crippen MR) is 101 cm³/mol. The molecule has 2 rings (SSSR count). The van der Waals surface area contributed by atoms with E-state index >= 15 is 0 Å². The fourth-order valence-corrected chi connectivity index (χ4v) is 2.43. The summed E-state index contributed by atoms with van der Waals surface area (Å²) < 4.78 is 12.9. The Morgan fingerprint density at radius 3 is 2.64 bits per heavy atom. The molecule has 1 aromatic heterocycles. The lowest BCUT2D eigenvalue weighted by molar-refractivity contribution is 0.145. The standard InChI is InChI=1S/C19H28N4O2/c1-15-5-6-17(18(11-15)25-10-9-24-4)13-22-19(20-2)21-12-16-7-8-23(3)14-16/h5-8,11,14H,9-10,12-13H2,1-4H3,(H2,20,21,22). The molecule has 1 aromatic carbocycles. The van der Waals surface area contributed by atoms with Gasteiger partial charge in [-0.25, -0.2) is 0 Å². The largest absolute Gasteiger partial charge is 0.491 e. The van der Waals surface area contributed by atoms with Crippen molar-refractivity contribution in [2.45, 2.75) is 20.0 Å². The minimum atomic E-state index is 0.536. The molecular formula is C19H28N4O2. The molecule has 0 aliphatic carbocycles. The van der Waals surface area contributed by atoms with Gasteiger partial charge in [0.2, 0.25) is 0 Å². The van der Waals surface area contributed by atoms with Gasteiger partial charge in [-0.05, 0) is 30.2 Å². The average Bonchev–Trinajstić information content (AvgIpc) is 3.02. The van der Waals surface area contributed by atoms with Gasteiger partial charge in [0.1, 0.15) is 12.4 Å². The van der Waals surface area contributed by atoms with E-state index in [2.05, 4.69) is 46.9 Å². The quantitative estimate of drug-likeness (QED) is 0.438. The molecule has 2 aromatic rings. The van der Waals surface area contributed by atoms with Gasteiger partial charge in [0.05, 0.1) is 6.61 Å². The molecule has 2 N–H and O–H groups in total. The number of nitrogens with one attached hydrogen (secondary N) is 2. The highest BCUT2D eigenvalue weighted by Gasteiger charge is 2.06. The summed E-state index contributed by atoms with van der Waals surface area (Å²) in [5.74, 6) is 1.63. The molecule has 0 spiro atoms. The van der Waals surface area contributed by atoms with E-state index in [9.17, 15) is 0 Å². The normalized spacial score (nSPS) is 11.4. The van der Waals surface area contributed by atoms with Crippen molar-refractivity contribution in [3.05, 3.63) is 53.3 Å². The average molecular weight is 344 g/mol. The Balaban J connectivity index is 1.91. The van der Waals surface area contributed by atoms with Gasteiger partial charge in [0.15, 0.2) is 5.96 Å². The van der Waals surface area contributed by atoms with E-state index in [1.54, 1.807) is 14.2 Å². The van der Waals surface area contributed by atoms with Crippen LogP contribution in [0.5, 0.6) is 5.75 Å². The Morgan fingerprint density at radius 1 is 1.16 bits per heavy atom. The molecule has 1 heterocycles. The topological polar surface area (TPSA) is 59.8 Å². The van der Waals surface area contributed by atoms with Gasteiger partial charge in [-0.2, -0.15) is 0 Å². The number of aromatic nitrogens is 1. The maximum atomic E-state index is 5.83. The first-order chi connectivity index (χ1) is 12.1. The lowest BCUT2D eigenvalue weighted by atomic mass is 10.1. The van der Waals surface area contributed by atoms with Crippen LogP contribution in [-0.4, -0.2) is 37.9 Å². The van der Waals surface area contributed by atoms with Crippen LogP contribution in [0.15, 0.2) is 41.7 Å². The van der Waals surface area contributed by atoms with E-state index < -0.39 is 0 Å². The van der Waals surface area contributed by atoms with E-state index in [4.69, 9.17) is 9.47 Å². The smallest absolute Gasteiger partial charge is 0.191 e. The minimum Gasteiger partial charge on any atom is -0.491 e. The van der Waals surface area contributed by atoms with E-state index in [1.165, 1.54) is 11.1 Å². The number of guanidine groups is 1. The summed E-state index contributed by atoms with van der Waals surface area (Å²) in [6, 6.07) is 8.30. The fourth-order valence-electron chi connectivity index (χ4n) is 2.43. The summed E-state index contributed by atoms with van der Waals surface area (Å²) in [4.78, 5) is 4.27. The number of methoxy groups -OCH3 is 1. The molecule has 25 heavy (non-hydrogen) atoms. The fraction of sp³-hybridized carbons (Fsp3) is 0.421. The third-order valence-electron chi connectivity index (χ3n) is 3.79. The Hall–Kier alpha value is -2.47. The molecule has 0 saturated carbocycles. The summed E-state index contributed by atoms with van der Waals surface area (Å²) in [5.41, 5.74) is 3.47. The molecule has 136 valence electrons. The minimum absolute atomic E-state index is 0.536. The van der Waals surface area contributed by atoms with Crippen molar-refractivity contribution in [1.82, 2.24) is 15.2 Å². The highest BCUT2D eigenvalue weighted by molar-refractivity contribution is 5.79. The molecule has 0 unspecified atom stereocenters. The number of ether oxygens (including phenoxy) is 2. The SMILES string of the molecule is CN=C(NCc1ccn(C)c1)NCc1ccc(C)cc1OCCOC. The molecule has 0 radical (unpaired) electrons. The Bertz CT molecular complexity index is 694. The van der Waals surface area contributed by atoms with Gasteiger partial charge in [0, 0.05) is 52.3 Å². The number of aliphatic imine (C=N–C) groups is 1. The van der Waals surface area contributed by atoms with E-state index in [1.807, 2.05) is 23.9 Å². The van der Waals surface area contributed by atoms with Crippen molar-refractivity contribution in [2.24, 2.45) is 12.0 Å². The number of aryl methyl sites for hydroxylation is 2. The van der Waals surface area contributed by atoms with Crippen LogP contribution in [0.1, 0.15) is 16.7 Å². The van der Waals surface area contributed by atoms with Crippen LogP contribution in [0, 0.1) is 6.92 Å². The summed E-state index contributed by atoms with van der Waals surface area (Å²) in [6.45, 7) is 4.53. The van der Waals surface area contributed by atoms with E-state index in [-0.39, 0.29) is 0 Å². The first-order valence-electron chi connectivity index (χ1n) is 8.39. The lowest BCUT2D eigenvalue weighted by Gasteiger charge is -2.15. The number of benzene rings is 1. The van der Waals surface area contributed by atoms with Gasteiger partial charge in [-0.1, -0.05) is 12.1 Å². The van der Waals surface area contributed by atoms with Crippen LogP contribution in [0.2, 0.25) is 0 Å². The van der Waals surface area contributed by atoms with Crippen LogP contribution >= 0.6 is 0 Å². The molecular weight excluding hydrogens is 316 g/mol. The third-order valence-corrected chi connectivity index (χ3v) is 3.79. The second-order valence-corrected chi connectivity index (χ2v) is 5.92.